The van der Waals surface area contributed by atoms with Gasteiger partial charge in [-0.3, -0.25) is 4.79 Å². The first-order valence-electron chi connectivity index (χ1n) is 7.17. The lowest BCUT2D eigenvalue weighted by Gasteiger charge is -2.07. The molecule has 0 saturated carbocycles. The van der Waals surface area contributed by atoms with Crippen LogP contribution in [0.2, 0.25) is 10.0 Å². The lowest BCUT2D eigenvalue weighted by atomic mass is 10.1. The van der Waals surface area contributed by atoms with Crippen molar-refractivity contribution >= 4 is 34.8 Å². The Hall–Kier alpha value is -2.44. The first-order chi connectivity index (χ1) is 11.6. The normalized spacial score (nSPS) is 10.6. The molecule has 0 radical (unpaired) electrons. The van der Waals surface area contributed by atoms with Gasteiger partial charge in [-0.05, 0) is 30.2 Å². The van der Waals surface area contributed by atoms with E-state index in [-0.39, 0.29) is 5.91 Å². The predicted molar refractivity (Wildman–Crippen MR) is 92.6 cm³/mol. The van der Waals surface area contributed by atoms with Crippen LogP contribution in [0.25, 0.3) is 5.82 Å². The van der Waals surface area contributed by atoms with Crippen molar-refractivity contribution in [3.63, 3.8) is 0 Å². The van der Waals surface area contributed by atoms with Crippen molar-refractivity contribution in [1.82, 2.24) is 19.7 Å². The number of benzene rings is 1. The van der Waals surface area contributed by atoms with Crippen LogP contribution in [0.15, 0.2) is 49.2 Å². The number of amides is 1. The molecule has 6 nitrogen and oxygen atoms in total. The van der Waals surface area contributed by atoms with Crippen LogP contribution in [-0.4, -0.2) is 25.7 Å². The zero-order valence-corrected chi connectivity index (χ0v) is 14.0. The molecule has 0 aliphatic rings. The van der Waals surface area contributed by atoms with Crippen LogP contribution in [0.3, 0.4) is 0 Å². The number of carbonyl (C=O) groups excluding carboxylic acids is 1. The maximum Gasteiger partial charge on any atom is 0.224 e. The topological polar surface area (TPSA) is 72.7 Å². The zero-order valence-electron chi connectivity index (χ0n) is 12.5. The second kappa shape index (κ2) is 7.42. The summed E-state index contributed by atoms with van der Waals surface area (Å²) in [4.78, 5) is 20.1. The fraction of sp³-hybridized carbons (Fsp3) is 0.125. The van der Waals surface area contributed by atoms with E-state index >= 15 is 0 Å². The Labute approximate surface area is 148 Å². The van der Waals surface area contributed by atoms with Crippen molar-refractivity contribution in [2.24, 2.45) is 0 Å². The summed E-state index contributed by atoms with van der Waals surface area (Å²) in [6, 6.07) is 8.90. The van der Waals surface area contributed by atoms with Gasteiger partial charge in [-0.25, -0.2) is 14.6 Å². The van der Waals surface area contributed by atoms with E-state index in [1.54, 1.807) is 30.7 Å². The summed E-state index contributed by atoms with van der Waals surface area (Å²) in [6.07, 6.45) is 5.36. The number of hydrogen-bond donors (Lipinski definition) is 1. The van der Waals surface area contributed by atoms with Crippen LogP contribution < -0.4 is 5.32 Å². The molecule has 0 bridgehead atoms. The molecule has 1 aromatic carbocycles. The number of nitrogens with zero attached hydrogens (tertiary/aromatic N) is 4. The third-order valence-electron chi connectivity index (χ3n) is 3.34. The fourth-order valence-corrected chi connectivity index (χ4v) is 2.55. The summed E-state index contributed by atoms with van der Waals surface area (Å²) in [5.41, 5.74) is 1.46. The maximum atomic E-state index is 12.1. The molecular weight excluding hydrogens is 349 g/mol. The van der Waals surface area contributed by atoms with E-state index in [9.17, 15) is 4.79 Å². The number of halogens is 2. The summed E-state index contributed by atoms with van der Waals surface area (Å²) in [5, 5.41) is 7.76. The van der Waals surface area contributed by atoms with E-state index in [1.807, 2.05) is 12.1 Å². The predicted octanol–water partition coefficient (Wildman–Crippen LogP) is 3.54. The zero-order chi connectivity index (χ0) is 16.9. The Morgan fingerprint density at radius 2 is 2.08 bits per heavy atom. The highest BCUT2D eigenvalue weighted by Crippen LogP contribution is 2.26. The molecule has 1 amide bonds. The molecule has 0 spiro atoms. The first kappa shape index (κ1) is 16.4. The van der Waals surface area contributed by atoms with Gasteiger partial charge in [0.1, 0.15) is 12.7 Å². The minimum Gasteiger partial charge on any atom is -0.325 e. The average Bonchev–Trinajstić information content (AvgIpc) is 3.11. The van der Waals surface area contributed by atoms with Gasteiger partial charge < -0.3 is 5.32 Å². The maximum absolute atomic E-state index is 12.1. The van der Waals surface area contributed by atoms with Gasteiger partial charge >= 0.3 is 0 Å². The van der Waals surface area contributed by atoms with E-state index in [4.69, 9.17) is 23.2 Å². The first-order valence-corrected chi connectivity index (χ1v) is 7.93. The third kappa shape index (κ3) is 3.90. The Bertz CT molecular complexity index is 834. The molecule has 122 valence electrons. The van der Waals surface area contributed by atoms with E-state index in [0.717, 1.165) is 5.56 Å². The van der Waals surface area contributed by atoms with Crippen LogP contribution in [0.1, 0.15) is 12.0 Å². The highest BCUT2D eigenvalue weighted by molar-refractivity contribution is 6.42. The van der Waals surface area contributed by atoms with Crippen LogP contribution in [0, 0.1) is 0 Å². The van der Waals surface area contributed by atoms with Gasteiger partial charge in [0.25, 0.3) is 0 Å². The summed E-state index contributed by atoms with van der Waals surface area (Å²) < 4.78 is 1.53. The molecule has 0 atom stereocenters. The van der Waals surface area contributed by atoms with Gasteiger partial charge in [0.05, 0.1) is 21.9 Å². The SMILES string of the molecule is O=C(CCc1cccc(Cl)c1Cl)Nc1ccc(-n2cncn2)nc1. The Morgan fingerprint density at radius 3 is 2.79 bits per heavy atom. The van der Waals surface area contributed by atoms with Crippen molar-refractivity contribution in [3.8, 4) is 5.82 Å². The van der Waals surface area contributed by atoms with E-state index < -0.39 is 0 Å². The second-order valence-electron chi connectivity index (χ2n) is 5.01. The molecule has 2 aromatic heterocycles. The summed E-state index contributed by atoms with van der Waals surface area (Å²) in [7, 11) is 0. The number of pyridine rings is 1. The lowest BCUT2D eigenvalue weighted by Crippen LogP contribution is -2.13. The number of nitrogens with one attached hydrogen (secondary N) is 1. The van der Waals surface area contributed by atoms with E-state index in [2.05, 4.69) is 20.4 Å². The number of aryl methyl sites for hydroxylation is 1. The summed E-state index contributed by atoms with van der Waals surface area (Å²) in [5.74, 6) is 0.498. The molecule has 0 unspecified atom stereocenters. The smallest absolute Gasteiger partial charge is 0.224 e. The van der Waals surface area contributed by atoms with Crippen molar-refractivity contribution in [2.45, 2.75) is 12.8 Å². The van der Waals surface area contributed by atoms with Crippen molar-refractivity contribution in [2.75, 3.05) is 5.32 Å². The third-order valence-corrected chi connectivity index (χ3v) is 4.20. The van der Waals surface area contributed by atoms with Gasteiger partial charge in [-0.15, -0.1) is 0 Å². The molecule has 8 heteroatoms. The summed E-state index contributed by atoms with van der Waals surface area (Å²) in [6.45, 7) is 0. The van der Waals surface area contributed by atoms with Crippen LogP contribution in [-0.2, 0) is 11.2 Å². The van der Waals surface area contributed by atoms with Gasteiger partial charge in [0.2, 0.25) is 5.91 Å². The number of aromatic nitrogens is 4. The van der Waals surface area contributed by atoms with Crippen molar-refractivity contribution in [1.29, 1.82) is 0 Å². The summed E-state index contributed by atoms with van der Waals surface area (Å²) >= 11 is 12.1. The number of hydrogen-bond acceptors (Lipinski definition) is 4. The van der Waals surface area contributed by atoms with Gasteiger partial charge in [-0.1, -0.05) is 35.3 Å². The molecular formula is C16H13Cl2N5O. The van der Waals surface area contributed by atoms with Crippen molar-refractivity contribution < 1.29 is 4.79 Å². The number of anilines is 1. The lowest BCUT2D eigenvalue weighted by molar-refractivity contribution is -0.116. The minimum absolute atomic E-state index is 0.124. The van der Waals surface area contributed by atoms with E-state index in [0.29, 0.717) is 34.4 Å². The highest BCUT2D eigenvalue weighted by Gasteiger charge is 2.08. The Balaban J connectivity index is 1.58. The van der Waals surface area contributed by atoms with Crippen LogP contribution in [0.5, 0.6) is 0 Å². The molecule has 0 fully saturated rings. The molecule has 24 heavy (non-hydrogen) atoms. The fourth-order valence-electron chi connectivity index (χ4n) is 2.14. The Kier molecular flexibility index (Phi) is 5.08. The van der Waals surface area contributed by atoms with Gasteiger partial charge in [0.15, 0.2) is 5.82 Å². The average molecular weight is 362 g/mol. The number of carbonyl (C=O) groups is 1. The molecule has 3 aromatic rings. The van der Waals surface area contributed by atoms with Crippen LogP contribution in [0.4, 0.5) is 5.69 Å². The molecule has 3 rings (SSSR count). The monoisotopic (exact) mass is 361 g/mol. The molecule has 2 heterocycles. The molecule has 0 saturated heterocycles. The minimum atomic E-state index is -0.124. The van der Waals surface area contributed by atoms with Gasteiger partial charge in [0, 0.05) is 6.42 Å². The van der Waals surface area contributed by atoms with Crippen molar-refractivity contribution in [3.05, 3.63) is 64.8 Å². The van der Waals surface area contributed by atoms with Crippen LogP contribution >= 0.6 is 23.2 Å². The largest absolute Gasteiger partial charge is 0.325 e. The molecule has 0 aliphatic heterocycles. The quantitative estimate of drug-likeness (QED) is 0.754. The molecule has 0 aliphatic carbocycles. The second-order valence-corrected chi connectivity index (χ2v) is 5.79. The Morgan fingerprint density at radius 1 is 1.21 bits per heavy atom. The standard InChI is InChI=1S/C16H13Cl2N5O/c17-13-3-1-2-11(16(13)18)4-7-15(24)22-12-5-6-14(20-8-12)23-10-19-9-21-23/h1-3,5-6,8-10H,4,7H2,(H,22,24). The van der Waals surface area contributed by atoms with Gasteiger partial charge in [-0.2, -0.15) is 5.10 Å². The number of rotatable bonds is 5. The highest BCUT2D eigenvalue weighted by atomic mass is 35.5. The van der Waals surface area contributed by atoms with E-state index in [1.165, 1.54) is 11.0 Å². The molecule has 1 N–H and O–H groups in total.